The molecule has 0 aliphatic rings. The quantitative estimate of drug-likeness (QED) is 0.619. The Morgan fingerprint density at radius 1 is 1.09 bits per heavy atom. The first kappa shape index (κ1) is 15.9. The molecule has 0 aliphatic heterocycles. The van der Waals surface area contributed by atoms with E-state index in [2.05, 4.69) is 4.74 Å². The van der Waals surface area contributed by atoms with Crippen molar-refractivity contribution in [2.24, 2.45) is 0 Å². The summed E-state index contributed by atoms with van der Waals surface area (Å²) in [6.45, 7) is 2.81. The van der Waals surface area contributed by atoms with E-state index in [1.54, 1.807) is 31.2 Å². The summed E-state index contributed by atoms with van der Waals surface area (Å²) < 4.78 is 46.0. The molecule has 2 aromatic carbocycles. The predicted molar refractivity (Wildman–Crippen MR) is 74.6 cm³/mol. The topological polar surface area (TPSA) is 35.5 Å². The van der Waals surface area contributed by atoms with Crippen molar-refractivity contribution in [1.29, 1.82) is 0 Å². The molecule has 0 fully saturated rings. The SMILES string of the molecule is CC(=O)Oc1cc(OC(F)(F)F)cc(C)c1-c1ccccc1. The first-order chi connectivity index (χ1) is 10.3. The van der Waals surface area contributed by atoms with Gasteiger partial charge in [0, 0.05) is 18.6 Å². The molecule has 22 heavy (non-hydrogen) atoms. The molecule has 0 saturated heterocycles. The van der Waals surface area contributed by atoms with Crippen molar-refractivity contribution in [2.45, 2.75) is 20.2 Å². The van der Waals surface area contributed by atoms with Crippen molar-refractivity contribution in [2.75, 3.05) is 0 Å². The van der Waals surface area contributed by atoms with Crippen LogP contribution >= 0.6 is 0 Å². The van der Waals surface area contributed by atoms with Crippen molar-refractivity contribution in [1.82, 2.24) is 0 Å². The summed E-state index contributed by atoms with van der Waals surface area (Å²) in [6, 6.07) is 11.2. The molecule has 0 bridgehead atoms. The average molecular weight is 310 g/mol. The van der Waals surface area contributed by atoms with Gasteiger partial charge in [0.25, 0.3) is 0 Å². The molecule has 0 aromatic heterocycles. The lowest BCUT2D eigenvalue weighted by Crippen LogP contribution is -2.17. The molecule has 0 heterocycles. The molecule has 2 rings (SSSR count). The normalized spacial score (nSPS) is 11.1. The highest BCUT2D eigenvalue weighted by atomic mass is 19.4. The fraction of sp³-hybridized carbons (Fsp3) is 0.188. The average Bonchev–Trinajstić information content (AvgIpc) is 2.36. The first-order valence-electron chi connectivity index (χ1n) is 6.40. The number of hydrogen-bond donors (Lipinski definition) is 0. The van der Waals surface area contributed by atoms with Crippen LogP contribution in [0, 0.1) is 6.92 Å². The lowest BCUT2D eigenvalue weighted by atomic mass is 9.99. The number of esters is 1. The molecule has 6 heteroatoms. The lowest BCUT2D eigenvalue weighted by molar-refractivity contribution is -0.274. The summed E-state index contributed by atoms with van der Waals surface area (Å²) in [7, 11) is 0. The van der Waals surface area contributed by atoms with Gasteiger partial charge in [-0.1, -0.05) is 30.3 Å². The zero-order valence-electron chi connectivity index (χ0n) is 11.9. The number of alkyl halides is 3. The number of carbonyl (C=O) groups is 1. The number of rotatable bonds is 3. The summed E-state index contributed by atoms with van der Waals surface area (Å²) in [4.78, 5) is 11.2. The van der Waals surface area contributed by atoms with E-state index in [0.717, 1.165) is 11.6 Å². The first-order valence-corrected chi connectivity index (χ1v) is 6.40. The molecule has 3 nitrogen and oxygen atoms in total. The van der Waals surface area contributed by atoms with Crippen LogP contribution in [-0.2, 0) is 4.79 Å². The molecule has 0 amide bonds. The number of aryl methyl sites for hydroxylation is 1. The molecule has 2 aromatic rings. The minimum absolute atomic E-state index is 0.0259. The Morgan fingerprint density at radius 2 is 1.73 bits per heavy atom. The number of carbonyl (C=O) groups excluding carboxylic acids is 1. The molecule has 0 aliphatic carbocycles. The van der Waals surface area contributed by atoms with Crippen molar-refractivity contribution in [3.63, 3.8) is 0 Å². The smallest absolute Gasteiger partial charge is 0.426 e. The van der Waals surface area contributed by atoms with E-state index in [4.69, 9.17) is 4.74 Å². The van der Waals surface area contributed by atoms with Crippen molar-refractivity contribution >= 4 is 5.97 Å². The van der Waals surface area contributed by atoms with Crippen molar-refractivity contribution in [3.05, 3.63) is 48.0 Å². The summed E-state index contributed by atoms with van der Waals surface area (Å²) in [5, 5.41) is 0. The Hall–Kier alpha value is -2.50. The van der Waals surface area contributed by atoms with E-state index >= 15 is 0 Å². The zero-order chi connectivity index (χ0) is 16.3. The molecule has 0 unspecified atom stereocenters. The van der Waals surface area contributed by atoms with Crippen molar-refractivity contribution < 1.29 is 27.4 Å². The van der Waals surface area contributed by atoms with Crippen LogP contribution in [-0.4, -0.2) is 12.3 Å². The molecule has 0 atom stereocenters. The van der Waals surface area contributed by atoms with E-state index < -0.39 is 18.1 Å². The van der Waals surface area contributed by atoms with Crippen LogP contribution in [0.25, 0.3) is 11.1 Å². The van der Waals surface area contributed by atoms with Crippen LogP contribution in [0.5, 0.6) is 11.5 Å². The second-order valence-electron chi connectivity index (χ2n) is 4.62. The Kier molecular flexibility index (Phi) is 4.40. The highest BCUT2D eigenvalue weighted by Gasteiger charge is 2.31. The van der Waals surface area contributed by atoms with Crippen LogP contribution in [0.4, 0.5) is 13.2 Å². The van der Waals surface area contributed by atoms with Gasteiger partial charge in [-0.2, -0.15) is 0 Å². The summed E-state index contributed by atoms with van der Waals surface area (Å²) >= 11 is 0. The molecule has 0 saturated carbocycles. The van der Waals surface area contributed by atoms with Gasteiger partial charge < -0.3 is 9.47 Å². The number of halogens is 3. The Labute approximate surface area is 125 Å². The third-order valence-corrected chi connectivity index (χ3v) is 2.82. The second-order valence-corrected chi connectivity index (χ2v) is 4.62. The second kappa shape index (κ2) is 6.09. The van der Waals surface area contributed by atoms with E-state index in [-0.39, 0.29) is 5.75 Å². The van der Waals surface area contributed by atoms with Gasteiger partial charge in [0.05, 0.1) is 0 Å². The van der Waals surface area contributed by atoms with Crippen LogP contribution < -0.4 is 9.47 Å². The maximum absolute atomic E-state index is 12.4. The summed E-state index contributed by atoms with van der Waals surface area (Å²) in [5.41, 5.74) is 1.78. The molecule has 0 N–H and O–H groups in total. The Morgan fingerprint density at radius 3 is 2.27 bits per heavy atom. The molecule has 0 radical (unpaired) electrons. The molecular weight excluding hydrogens is 297 g/mol. The Bertz CT molecular complexity index is 679. The molecular formula is C16H13F3O3. The van der Waals surface area contributed by atoms with E-state index in [9.17, 15) is 18.0 Å². The molecule has 0 spiro atoms. The minimum Gasteiger partial charge on any atom is -0.426 e. The van der Waals surface area contributed by atoms with Gasteiger partial charge >= 0.3 is 12.3 Å². The molecule has 116 valence electrons. The van der Waals surface area contributed by atoms with Crippen LogP contribution in [0.2, 0.25) is 0 Å². The zero-order valence-corrected chi connectivity index (χ0v) is 11.9. The fourth-order valence-corrected chi connectivity index (χ4v) is 2.13. The summed E-state index contributed by atoms with van der Waals surface area (Å²) in [5.74, 6) is -1.03. The van der Waals surface area contributed by atoms with Crippen LogP contribution in [0.15, 0.2) is 42.5 Å². The Balaban J connectivity index is 2.55. The number of ether oxygens (including phenoxy) is 2. The standard InChI is InChI=1S/C16H13F3O3/c1-10-8-13(22-16(17,18)19)9-14(21-11(2)20)15(10)12-6-4-3-5-7-12/h3-9H,1-2H3. The van der Waals surface area contributed by atoms with E-state index in [1.165, 1.54) is 13.0 Å². The maximum Gasteiger partial charge on any atom is 0.573 e. The highest BCUT2D eigenvalue weighted by molar-refractivity contribution is 5.79. The van der Waals surface area contributed by atoms with E-state index in [0.29, 0.717) is 11.1 Å². The van der Waals surface area contributed by atoms with Gasteiger partial charge in [0.1, 0.15) is 11.5 Å². The minimum atomic E-state index is -4.81. The summed E-state index contributed by atoms with van der Waals surface area (Å²) in [6.07, 6.45) is -4.81. The van der Waals surface area contributed by atoms with Crippen molar-refractivity contribution in [3.8, 4) is 22.6 Å². The van der Waals surface area contributed by atoms with Gasteiger partial charge in [-0.25, -0.2) is 0 Å². The number of benzene rings is 2. The van der Waals surface area contributed by atoms with Gasteiger partial charge in [0.2, 0.25) is 0 Å². The largest absolute Gasteiger partial charge is 0.573 e. The fourth-order valence-electron chi connectivity index (χ4n) is 2.13. The highest BCUT2D eigenvalue weighted by Crippen LogP contribution is 2.38. The van der Waals surface area contributed by atoms with Gasteiger partial charge in [-0.05, 0) is 24.1 Å². The monoisotopic (exact) mass is 310 g/mol. The van der Waals surface area contributed by atoms with Gasteiger partial charge in [-0.3, -0.25) is 4.79 Å². The third-order valence-electron chi connectivity index (χ3n) is 2.82. The predicted octanol–water partition coefficient (Wildman–Crippen LogP) is 4.49. The lowest BCUT2D eigenvalue weighted by Gasteiger charge is -2.16. The van der Waals surface area contributed by atoms with Crippen LogP contribution in [0.3, 0.4) is 0 Å². The van der Waals surface area contributed by atoms with Crippen LogP contribution in [0.1, 0.15) is 12.5 Å². The third kappa shape index (κ3) is 4.00. The van der Waals surface area contributed by atoms with E-state index in [1.807, 2.05) is 6.07 Å². The maximum atomic E-state index is 12.4. The number of hydrogen-bond acceptors (Lipinski definition) is 3. The van der Waals surface area contributed by atoms with Gasteiger partial charge in [-0.15, -0.1) is 13.2 Å². The van der Waals surface area contributed by atoms with Gasteiger partial charge in [0.15, 0.2) is 0 Å².